The number of carbonyl (C=O) groups is 1. The number of aryl methyl sites for hydroxylation is 1. The third-order valence-electron chi connectivity index (χ3n) is 7.07. The number of hydrogen-bond acceptors (Lipinski definition) is 5. The van der Waals surface area contributed by atoms with Gasteiger partial charge in [-0.25, -0.2) is 4.68 Å². The molecular formula is C30H25N5O2. The van der Waals surface area contributed by atoms with Crippen molar-refractivity contribution >= 4 is 11.6 Å². The maximum Gasteiger partial charge on any atom is 0.248 e. The Morgan fingerprint density at radius 3 is 2.38 bits per heavy atom. The predicted octanol–water partition coefficient (Wildman–Crippen LogP) is 4.74. The second-order valence-corrected chi connectivity index (χ2v) is 9.22. The molecular weight excluding hydrogens is 462 g/mol. The van der Waals surface area contributed by atoms with E-state index < -0.39 is 5.41 Å². The summed E-state index contributed by atoms with van der Waals surface area (Å²) in [5, 5.41) is 15.3. The van der Waals surface area contributed by atoms with E-state index in [1.807, 2.05) is 84.9 Å². The zero-order valence-electron chi connectivity index (χ0n) is 20.4. The molecule has 2 N–H and O–H groups in total. The second kappa shape index (κ2) is 8.68. The summed E-state index contributed by atoms with van der Waals surface area (Å²) < 4.78 is 7.81. The van der Waals surface area contributed by atoms with Crippen LogP contribution in [0.15, 0.2) is 96.4 Å². The Labute approximate surface area is 215 Å². The quantitative estimate of drug-likeness (QED) is 0.438. The molecule has 2 aliphatic heterocycles. The van der Waals surface area contributed by atoms with Crippen LogP contribution >= 0.6 is 0 Å². The molecule has 3 heterocycles. The van der Waals surface area contributed by atoms with Crippen LogP contribution in [-0.2, 0) is 23.2 Å². The summed E-state index contributed by atoms with van der Waals surface area (Å²) in [4.78, 5) is 16.5. The van der Waals surface area contributed by atoms with E-state index in [9.17, 15) is 10.1 Å². The number of rotatable bonds is 5. The Bertz CT molecular complexity index is 1580. The number of nitriles is 1. The van der Waals surface area contributed by atoms with E-state index >= 15 is 0 Å². The number of ether oxygens (including phenoxy) is 1. The monoisotopic (exact) mass is 487 g/mol. The van der Waals surface area contributed by atoms with Gasteiger partial charge in [-0.2, -0.15) is 10.4 Å². The summed E-state index contributed by atoms with van der Waals surface area (Å²) in [7, 11) is 0. The minimum absolute atomic E-state index is 0.0835. The van der Waals surface area contributed by atoms with E-state index in [-0.39, 0.29) is 17.4 Å². The number of hydrogen-bond donors (Lipinski definition) is 1. The summed E-state index contributed by atoms with van der Waals surface area (Å²) in [6.45, 7) is 2.43. The smallest absolute Gasteiger partial charge is 0.248 e. The van der Waals surface area contributed by atoms with E-state index in [1.165, 1.54) is 0 Å². The van der Waals surface area contributed by atoms with E-state index in [0.29, 0.717) is 35.7 Å². The van der Waals surface area contributed by atoms with Crippen LogP contribution in [0.4, 0.5) is 5.69 Å². The summed E-state index contributed by atoms with van der Waals surface area (Å²) in [5.41, 5.74) is 9.61. The van der Waals surface area contributed by atoms with Gasteiger partial charge in [-0.15, -0.1) is 0 Å². The van der Waals surface area contributed by atoms with E-state index in [4.69, 9.17) is 15.6 Å². The van der Waals surface area contributed by atoms with Gasteiger partial charge >= 0.3 is 0 Å². The van der Waals surface area contributed by atoms with Gasteiger partial charge in [-0.3, -0.25) is 4.79 Å². The number of fused-ring (bicyclic) bond motifs is 4. The summed E-state index contributed by atoms with van der Waals surface area (Å²) >= 11 is 0. The van der Waals surface area contributed by atoms with Crippen molar-refractivity contribution in [1.82, 2.24) is 9.78 Å². The van der Waals surface area contributed by atoms with Crippen molar-refractivity contribution in [3.8, 4) is 17.6 Å². The average Bonchev–Trinajstić information content (AvgIpc) is 3.40. The number of anilines is 1. The van der Waals surface area contributed by atoms with Gasteiger partial charge in [0.05, 0.1) is 23.5 Å². The lowest BCUT2D eigenvalue weighted by molar-refractivity contribution is -0.121. The largest absolute Gasteiger partial charge is 0.422 e. The van der Waals surface area contributed by atoms with E-state index in [1.54, 1.807) is 9.58 Å². The van der Waals surface area contributed by atoms with E-state index in [0.717, 1.165) is 23.4 Å². The number of nitrogens with two attached hydrogens (primary N) is 1. The highest BCUT2D eigenvalue weighted by atomic mass is 16.5. The Morgan fingerprint density at radius 1 is 1.00 bits per heavy atom. The van der Waals surface area contributed by atoms with Gasteiger partial charge in [-0.1, -0.05) is 80.1 Å². The number of benzene rings is 3. The number of nitrogens with zero attached hydrogens (tertiary/aromatic N) is 4. The molecule has 4 aromatic rings. The number of carbonyl (C=O) groups excluding carboxylic acids is 1. The van der Waals surface area contributed by atoms with Crippen LogP contribution in [0.5, 0.6) is 5.88 Å². The molecule has 182 valence electrons. The topological polar surface area (TPSA) is 97.2 Å². The first-order chi connectivity index (χ1) is 18.1. The van der Waals surface area contributed by atoms with Gasteiger partial charge in [0, 0.05) is 11.3 Å². The van der Waals surface area contributed by atoms with Gasteiger partial charge in [0.1, 0.15) is 17.1 Å². The predicted molar refractivity (Wildman–Crippen MR) is 140 cm³/mol. The average molecular weight is 488 g/mol. The molecule has 2 aliphatic rings. The number of aromatic nitrogens is 2. The molecule has 1 amide bonds. The van der Waals surface area contributed by atoms with Crippen LogP contribution in [0, 0.1) is 11.3 Å². The molecule has 1 aromatic heterocycles. The minimum Gasteiger partial charge on any atom is -0.422 e. The van der Waals surface area contributed by atoms with Crippen molar-refractivity contribution in [3.05, 3.63) is 119 Å². The molecule has 1 spiro atoms. The molecule has 37 heavy (non-hydrogen) atoms. The molecule has 7 nitrogen and oxygen atoms in total. The van der Waals surface area contributed by atoms with Crippen LogP contribution in [-0.4, -0.2) is 15.7 Å². The first kappa shape index (κ1) is 22.6. The van der Waals surface area contributed by atoms with Crippen molar-refractivity contribution < 1.29 is 9.53 Å². The van der Waals surface area contributed by atoms with Crippen molar-refractivity contribution in [2.45, 2.75) is 31.7 Å². The summed E-state index contributed by atoms with van der Waals surface area (Å²) in [6, 6.07) is 29.3. The molecule has 7 heteroatoms. The van der Waals surface area contributed by atoms with Gasteiger partial charge in [-0.05, 0) is 30.2 Å². The number of para-hydroxylation sites is 2. The minimum atomic E-state index is -1.45. The van der Waals surface area contributed by atoms with Crippen molar-refractivity contribution in [2.24, 2.45) is 5.73 Å². The molecule has 1 unspecified atom stereocenters. The highest BCUT2D eigenvalue weighted by molar-refractivity contribution is 6.14. The first-order valence-corrected chi connectivity index (χ1v) is 12.3. The van der Waals surface area contributed by atoms with Crippen LogP contribution in [0.3, 0.4) is 0 Å². The third kappa shape index (κ3) is 3.19. The molecule has 0 bridgehead atoms. The van der Waals surface area contributed by atoms with Crippen molar-refractivity contribution in [2.75, 3.05) is 4.90 Å². The molecule has 1 atom stereocenters. The fourth-order valence-electron chi connectivity index (χ4n) is 5.54. The summed E-state index contributed by atoms with van der Waals surface area (Å²) in [6.07, 6.45) is 1.42. The van der Waals surface area contributed by atoms with E-state index in [2.05, 4.69) is 13.0 Å². The lowest BCUT2D eigenvalue weighted by Crippen LogP contribution is -2.46. The van der Waals surface area contributed by atoms with Gasteiger partial charge in [0.25, 0.3) is 0 Å². The Hall–Kier alpha value is -4.83. The molecule has 0 fully saturated rings. The molecule has 0 saturated carbocycles. The lowest BCUT2D eigenvalue weighted by atomic mass is 9.68. The third-order valence-corrected chi connectivity index (χ3v) is 7.07. The standard InChI is InChI=1S/C30H25N5O2/c1-2-11-24-26-28(35(33-24)21-14-7-4-8-15-21)37-27(32)23(18-31)30(26)22-16-9-10-17-25(22)34(29(30)36)19-20-12-5-3-6-13-20/h3-10,12-17H,2,11,19,32H2,1H3. The van der Waals surface area contributed by atoms with Crippen LogP contribution in [0.1, 0.15) is 35.7 Å². The Kier molecular flexibility index (Phi) is 5.31. The zero-order chi connectivity index (χ0) is 25.6. The molecule has 6 rings (SSSR count). The lowest BCUT2D eigenvalue weighted by Gasteiger charge is -2.33. The fraction of sp³-hybridized carbons (Fsp3) is 0.167. The first-order valence-electron chi connectivity index (χ1n) is 12.3. The molecule has 0 aliphatic carbocycles. The molecule has 0 radical (unpaired) electrons. The Morgan fingerprint density at radius 2 is 1.68 bits per heavy atom. The van der Waals surface area contributed by atoms with Gasteiger partial charge in [0.2, 0.25) is 17.7 Å². The van der Waals surface area contributed by atoms with Crippen molar-refractivity contribution in [1.29, 1.82) is 5.26 Å². The fourth-order valence-corrected chi connectivity index (χ4v) is 5.54. The Balaban J connectivity index is 1.66. The number of amides is 1. The molecule has 0 saturated heterocycles. The highest BCUT2D eigenvalue weighted by Crippen LogP contribution is 2.56. The van der Waals surface area contributed by atoms with Gasteiger partial charge in [0.15, 0.2) is 0 Å². The molecule has 3 aromatic carbocycles. The van der Waals surface area contributed by atoms with Crippen LogP contribution in [0.25, 0.3) is 5.69 Å². The normalized spacial score (nSPS) is 17.9. The highest BCUT2D eigenvalue weighted by Gasteiger charge is 2.61. The summed E-state index contributed by atoms with van der Waals surface area (Å²) in [5.74, 6) is 0.0577. The SMILES string of the molecule is CCCc1nn(-c2ccccc2)c2c1C1(C(=O)N(Cc3ccccc3)c3ccccc31)C(C#N)=C(N)O2. The van der Waals surface area contributed by atoms with Crippen molar-refractivity contribution in [3.63, 3.8) is 0 Å². The van der Waals surface area contributed by atoms with Crippen LogP contribution < -0.4 is 15.4 Å². The van der Waals surface area contributed by atoms with Gasteiger partial charge < -0.3 is 15.4 Å². The zero-order valence-corrected chi connectivity index (χ0v) is 20.4. The maximum absolute atomic E-state index is 14.7. The second-order valence-electron chi connectivity index (χ2n) is 9.22. The van der Waals surface area contributed by atoms with Crippen LogP contribution in [0.2, 0.25) is 0 Å². The maximum atomic E-state index is 14.7.